The Morgan fingerprint density at radius 1 is 1.29 bits per heavy atom. The molecule has 2 aromatic rings. The maximum atomic E-state index is 11.7. The highest BCUT2D eigenvalue weighted by atomic mass is 35.5. The number of carbonyl (C=O) groups excluding carboxylic acids is 2. The molecule has 1 N–H and O–H groups in total. The summed E-state index contributed by atoms with van der Waals surface area (Å²) >= 11 is 7.79. The van der Waals surface area contributed by atoms with Crippen LogP contribution < -0.4 is 5.32 Å². The van der Waals surface area contributed by atoms with Crippen LogP contribution in [0.2, 0.25) is 5.02 Å². The largest absolute Gasteiger partial charge is 0.452 e. The number of halogens is 1. The van der Waals surface area contributed by atoms with Gasteiger partial charge >= 0.3 is 5.97 Å². The van der Waals surface area contributed by atoms with Crippen molar-refractivity contribution in [2.75, 3.05) is 6.61 Å². The Morgan fingerprint density at radius 2 is 2.00 bits per heavy atom. The van der Waals surface area contributed by atoms with Gasteiger partial charge in [-0.2, -0.15) is 0 Å². The van der Waals surface area contributed by atoms with Crippen LogP contribution in [0.15, 0.2) is 30.3 Å². The van der Waals surface area contributed by atoms with E-state index in [1.807, 2.05) is 45.0 Å². The summed E-state index contributed by atoms with van der Waals surface area (Å²) in [7, 11) is 0. The van der Waals surface area contributed by atoms with Crippen molar-refractivity contribution in [3.8, 4) is 0 Å². The Kier molecular flexibility index (Phi) is 6.40. The van der Waals surface area contributed by atoms with E-state index in [0.29, 0.717) is 10.9 Å². The van der Waals surface area contributed by atoms with Gasteiger partial charge in [-0.05, 0) is 25.0 Å². The first-order chi connectivity index (χ1) is 11.4. The predicted molar refractivity (Wildman–Crippen MR) is 99.3 cm³/mol. The summed E-state index contributed by atoms with van der Waals surface area (Å²) in [5.74, 6) is -0.562. The van der Waals surface area contributed by atoms with Gasteiger partial charge in [0.2, 0.25) is 0 Å². The smallest absolute Gasteiger partial charge is 0.331 e. The number of fused-ring (bicyclic) bond motifs is 1. The summed E-state index contributed by atoms with van der Waals surface area (Å²) in [6.07, 6.45) is 2.90. The van der Waals surface area contributed by atoms with Gasteiger partial charge in [-0.1, -0.05) is 43.6 Å². The molecule has 0 aliphatic carbocycles. The maximum Gasteiger partial charge on any atom is 0.331 e. The lowest BCUT2D eigenvalue weighted by molar-refractivity contribution is -0.144. The van der Waals surface area contributed by atoms with Crippen LogP contribution in [0.5, 0.6) is 0 Å². The quantitative estimate of drug-likeness (QED) is 0.614. The van der Waals surface area contributed by atoms with Crippen molar-refractivity contribution in [3.63, 3.8) is 0 Å². The summed E-state index contributed by atoms with van der Waals surface area (Å²) in [5, 5.41) is 4.35. The Labute approximate surface area is 150 Å². The fraction of sp³-hybridized carbons (Fsp3) is 0.333. The molecule has 0 bridgehead atoms. The minimum Gasteiger partial charge on any atom is -0.452 e. The Bertz CT molecular complexity index is 767. The van der Waals surface area contributed by atoms with Crippen LogP contribution in [0.25, 0.3) is 16.2 Å². The molecule has 0 saturated heterocycles. The number of esters is 1. The number of rotatable bonds is 6. The first kappa shape index (κ1) is 18.5. The van der Waals surface area contributed by atoms with Crippen LogP contribution in [0.4, 0.5) is 0 Å². The molecule has 128 valence electrons. The number of hydrogen-bond donors (Lipinski definition) is 1. The molecule has 0 fully saturated rings. The molecule has 0 spiro atoms. The molecule has 0 unspecified atom stereocenters. The van der Waals surface area contributed by atoms with E-state index in [4.69, 9.17) is 16.3 Å². The predicted octanol–water partition coefficient (Wildman–Crippen LogP) is 4.27. The van der Waals surface area contributed by atoms with E-state index in [9.17, 15) is 9.59 Å². The molecule has 24 heavy (non-hydrogen) atoms. The van der Waals surface area contributed by atoms with Gasteiger partial charge in [0.1, 0.15) is 0 Å². The Balaban J connectivity index is 1.90. The monoisotopic (exact) mass is 365 g/mol. The van der Waals surface area contributed by atoms with E-state index in [1.165, 1.54) is 17.4 Å². The summed E-state index contributed by atoms with van der Waals surface area (Å²) in [5.41, 5.74) is 0. The number of nitrogens with one attached hydrogen (secondary N) is 1. The molecule has 1 aromatic heterocycles. The zero-order valence-corrected chi connectivity index (χ0v) is 15.4. The fourth-order valence-corrected chi connectivity index (χ4v) is 3.33. The van der Waals surface area contributed by atoms with Crippen molar-refractivity contribution in [2.45, 2.75) is 26.8 Å². The summed E-state index contributed by atoms with van der Waals surface area (Å²) < 4.78 is 6.00. The lowest BCUT2D eigenvalue weighted by Gasteiger charge is -2.16. The van der Waals surface area contributed by atoms with E-state index < -0.39 is 5.97 Å². The third kappa shape index (κ3) is 4.82. The van der Waals surface area contributed by atoms with Gasteiger partial charge in [-0.15, -0.1) is 11.3 Å². The number of thiophene rings is 1. The van der Waals surface area contributed by atoms with Crippen LogP contribution in [-0.4, -0.2) is 24.5 Å². The van der Waals surface area contributed by atoms with Crippen molar-refractivity contribution in [2.24, 2.45) is 5.92 Å². The van der Waals surface area contributed by atoms with E-state index in [2.05, 4.69) is 5.32 Å². The highest BCUT2D eigenvalue weighted by molar-refractivity contribution is 7.20. The summed E-state index contributed by atoms with van der Waals surface area (Å²) in [4.78, 5) is 24.2. The van der Waals surface area contributed by atoms with Gasteiger partial charge in [-0.25, -0.2) is 4.79 Å². The second kappa shape index (κ2) is 8.31. The Morgan fingerprint density at radius 3 is 2.67 bits per heavy atom. The van der Waals surface area contributed by atoms with Gasteiger partial charge in [0.05, 0.1) is 5.02 Å². The molecular weight excluding hydrogens is 346 g/mol. The first-order valence-corrected chi connectivity index (χ1v) is 8.89. The average Bonchev–Trinajstić information content (AvgIpc) is 2.87. The van der Waals surface area contributed by atoms with Crippen molar-refractivity contribution in [3.05, 3.63) is 40.2 Å². The molecule has 1 amide bonds. The number of benzene rings is 1. The van der Waals surface area contributed by atoms with Crippen LogP contribution in [0, 0.1) is 5.92 Å². The molecule has 2 rings (SSSR count). The molecule has 0 aliphatic rings. The standard InChI is InChI=1S/C18H20ClNO3S/c1-11(2)12(3)20-16(21)10-23-17(22)9-8-15-18(19)13-6-4-5-7-14(13)24-15/h4-9,11-12H,10H2,1-3H3,(H,20,21)/b9-8+/t12-/m1/s1. The van der Waals surface area contributed by atoms with Crippen molar-refractivity contribution >= 4 is 51.0 Å². The Hall–Kier alpha value is -1.85. The van der Waals surface area contributed by atoms with Gasteiger partial charge < -0.3 is 10.1 Å². The topological polar surface area (TPSA) is 55.4 Å². The zero-order chi connectivity index (χ0) is 17.7. The average molecular weight is 366 g/mol. The molecule has 0 radical (unpaired) electrons. The van der Waals surface area contributed by atoms with E-state index in [1.54, 1.807) is 6.08 Å². The summed E-state index contributed by atoms with van der Waals surface area (Å²) in [6, 6.07) is 7.79. The molecule has 6 heteroatoms. The highest BCUT2D eigenvalue weighted by Gasteiger charge is 2.12. The second-order valence-electron chi connectivity index (χ2n) is 5.82. The van der Waals surface area contributed by atoms with Gasteiger partial charge in [0.15, 0.2) is 6.61 Å². The molecule has 0 saturated carbocycles. The van der Waals surface area contributed by atoms with E-state index >= 15 is 0 Å². The van der Waals surface area contributed by atoms with Crippen LogP contribution >= 0.6 is 22.9 Å². The minimum atomic E-state index is -0.573. The molecule has 0 aliphatic heterocycles. The number of amides is 1. The van der Waals surface area contributed by atoms with Crippen LogP contribution in [0.1, 0.15) is 25.6 Å². The molecular formula is C18H20ClNO3S. The number of ether oxygens (including phenoxy) is 1. The normalized spacial score (nSPS) is 12.7. The SMILES string of the molecule is CC(C)[C@@H](C)NC(=O)COC(=O)/C=C/c1sc2ccccc2c1Cl. The van der Waals surface area contributed by atoms with Gasteiger partial charge in [0, 0.05) is 27.1 Å². The first-order valence-electron chi connectivity index (χ1n) is 7.69. The maximum absolute atomic E-state index is 11.7. The van der Waals surface area contributed by atoms with Crippen LogP contribution in [0.3, 0.4) is 0 Å². The van der Waals surface area contributed by atoms with Crippen molar-refractivity contribution in [1.29, 1.82) is 0 Å². The molecule has 4 nitrogen and oxygen atoms in total. The third-order valence-electron chi connectivity index (χ3n) is 3.66. The van der Waals surface area contributed by atoms with Gasteiger partial charge in [-0.3, -0.25) is 4.79 Å². The molecule has 1 heterocycles. The number of hydrogen-bond acceptors (Lipinski definition) is 4. The summed E-state index contributed by atoms with van der Waals surface area (Å²) in [6.45, 7) is 5.64. The lowest BCUT2D eigenvalue weighted by atomic mass is 10.1. The fourth-order valence-electron chi connectivity index (χ4n) is 1.93. The molecule has 1 atom stereocenters. The zero-order valence-electron chi connectivity index (χ0n) is 13.8. The minimum absolute atomic E-state index is 0.0316. The van der Waals surface area contributed by atoms with Crippen molar-refractivity contribution < 1.29 is 14.3 Å². The lowest BCUT2D eigenvalue weighted by Crippen LogP contribution is -2.38. The third-order valence-corrected chi connectivity index (χ3v) is 5.32. The second-order valence-corrected chi connectivity index (χ2v) is 7.28. The molecule has 1 aromatic carbocycles. The number of carbonyl (C=O) groups is 2. The van der Waals surface area contributed by atoms with E-state index in [-0.39, 0.29) is 18.6 Å². The van der Waals surface area contributed by atoms with E-state index in [0.717, 1.165) is 15.0 Å². The van der Waals surface area contributed by atoms with Crippen LogP contribution in [-0.2, 0) is 14.3 Å². The van der Waals surface area contributed by atoms with Gasteiger partial charge in [0.25, 0.3) is 5.91 Å². The van der Waals surface area contributed by atoms with Crippen molar-refractivity contribution in [1.82, 2.24) is 5.32 Å². The highest BCUT2D eigenvalue weighted by Crippen LogP contribution is 2.35.